The van der Waals surface area contributed by atoms with Gasteiger partial charge < -0.3 is 0 Å². The molecule has 2 aromatic rings. The Kier molecular flexibility index (Phi) is 3.93. The quantitative estimate of drug-likeness (QED) is 0.860. The Morgan fingerprint density at radius 3 is 2.83 bits per heavy atom. The Hall–Kier alpha value is -1.46. The highest BCUT2D eigenvalue weighted by Crippen LogP contribution is 2.17. The SMILES string of the molecule is Cc1cc(C(=O)Nc2nccc(Cl)n2)ccc1Br. The summed E-state index contributed by atoms with van der Waals surface area (Å²) in [6.07, 6.45) is 1.48. The van der Waals surface area contributed by atoms with Gasteiger partial charge in [0.05, 0.1) is 0 Å². The van der Waals surface area contributed by atoms with Crippen molar-refractivity contribution in [3.05, 3.63) is 51.2 Å². The number of nitrogens with one attached hydrogen (secondary N) is 1. The number of aromatic nitrogens is 2. The molecule has 6 heteroatoms. The summed E-state index contributed by atoms with van der Waals surface area (Å²) in [6, 6.07) is 6.87. The summed E-state index contributed by atoms with van der Waals surface area (Å²) in [4.78, 5) is 19.7. The Balaban J connectivity index is 2.19. The van der Waals surface area contributed by atoms with Crippen molar-refractivity contribution in [2.45, 2.75) is 6.92 Å². The van der Waals surface area contributed by atoms with Crippen LogP contribution in [0.25, 0.3) is 0 Å². The van der Waals surface area contributed by atoms with Crippen molar-refractivity contribution < 1.29 is 4.79 Å². The fourth-order valence-corrected chi connectivity index (χ4v) is 1.74. The van der Waals surface area contributed by atoms with Gasteiger partial charge in [0.25, 0.3) is 5.91 Å². The standard InChI is InChI=1S/C12H9BrClN3O/c1-7-6-8(2-3-9(7)13)11(18)17-12-15-5-4-10(14)16-12/h2-6H,1H3,(H,15,16,17,18). The fraction of sp³-hybridized carbons (Fsp3) is 0.0833. The molecule has 0 aliphatic carbocycles. The molecule has 0 aliphatic rings. The van der Waals surface area contributed by atoms with Crippen LogP contribution in [0.15, 0.2) is 34.9 Å². The summed E-state index contributed by atoms with van der Waals surface area (Å²) >= 11 is 9.09. The maximum absolute atomic E-state index is 11.9. The summed E-state index contributed by atoms with van der Waals surface area (Å²) in [7, 11) is 0. The monoisotopic (exact) mass is 325 g/mol. The van der Waals surface area contributed by atoms with Crippen molar-refractivity contribution in [2.75, 3.05) is 5.32 Å². The Labute approximate surface area is 118 Å². The number of anilines is 1. The lowest BCUT2D eigenvalue weighted by atomic mass is 10.1. The number of aryl methyl sites for hydroxylation is 1. The molecule has 0 bridgehead atoms. The molecular formula is C12H9BrClN3O. The minimum atomic E-state index is -0.270. The van der Waals surface area contributed by atoms with E-state index < -0.39 is 0 Å². The van der Waals surface area contributed by atoms with E-state index in [1.807, 2.05) is 13.0 Å². The lowest BCUT2D eigenvalue weighted by Crippen LogP contribution is -2.14. The van der Waals surface area contributed by atoms with Gasteiger partial charge in [0.2, 0.25) is 5.95 Å². The molecule has 1 N–H and O–H groups in total. The van der Waals surface area contributed by atoms with Crippen molar-refractivity contribution in [2.24, 2.45) is 0 Å². The predicted octanol–water partition coefficient (Wildman–Crippen LogP) is 3.45. The Morgan fingerprint density at radius 1 is 1.39 bits per heavy atom. The number of amides is 1. The first kappa shape index (κ1) is 13.0. The fourth-order valence-electron chi connectivity index (χ4n) is 1.36. The van der Waals surface area contributed by atoms with E-state index in [2.05, 4.69) is 31.2 Å². The van der Waals surface area contributed by atoms with E-state index in [0.717, 1.165) is 10.0 Å². The van der Waals surface area contributed by atoms with Gasteiger partial charge in [-0.25, -0.2) is 9.97 Å². The average molecular weight is 327 g/mol. The van der Waals surface area contributed by atoms with Crippen molar-refractivity contribution in [1.82, 2.24) is 9.97 Å². The smallest absolute Gasteiger partial charge is 0.258 e. The minimum Gasteiger partial charge on any atom is -0.290 e. The van der Waals surface area contributed by atoms with Crippen LogP contribution in [0.1, 0.15) is 15.9 Å². The molecular weight excluding hydrogens is 318 g/mol. The van der Waals surface area contributed by atoms with Gasteiger partial charge in [0, 0.05) is 16.2 Å². The summed E-state index contributed by atoms with van der Waals surface area (Å²) in [5.41, 5.74) is 1.52. The Morgan fingerprint density at radius 2 is 2.17 bits per heavy atom. The number of carbonyl (C=O) groups is 1. The van der Waals surface area contributed by atoms with Gasteiger partial charge in [-0.05, 0) is 36.8 Å². The largest absolute Gasteiger partial charge is 0.290 e. The second-order valence-corrected chi connectivity index (χ2v) is 4.86. The molecule has 0 fully saturated rings. The van der Waals surface area contributed by atoms with E-state index in [-0.39, 0.29) is 17.0 Å². The highest BCUT2D eigenvalue weighted by molar-refractivity contribution is 9.10. The third-order valence-electron chi connectivity index (χ3n) is 2.27. The first-order valence-electron chi connectivity index (χ1n) is 5.12. The van der Waals surface area contributed by atoms with Crippen LogP contribution in [-0.4, -0.2) is 15.9 Å². The van der Waals surface area contributed by atoms with Crippen molar-refractivity contribution >= 4 is 39.4 Å². The maximum Gasteiger partial charge on any atom is 0.258 e. The molecule has 18 heavy (non-hydrogen) atoms. The molecule has 4 nitrogen and oxygen atoms in total. The molecule has 1 aromatic carbocycles. The van der Waals surface area contributed by atoms with Gasteiger partial charge in [0.1, 0.15) is 5.15 Å². The maximum atomic E-state index is 11.9. The number of benzene rings is 1. The van der Waals surface area contributed by atoms with Crippen molar-refractivity contribution in [3.63, 3.8) is 0 Å². The van der Waals surface area contributed by atoms with E-state index >= 15 is 0 Å². The van der Waals surface area contributed by atoms with E-state index in [1.54, 1.807) is 18.2 Å². The van der Waals surface area contributed by atoms with Crippen molar-refractivity contribution in [1.29, 1.82) is 0 Å². The van der Waals surface area contributed by atoms with Crippen LogP contribution in [-0.2, 0) is 0 Å². The minimum absolute atomic E-state index is 0.188. The van der Waals surface area contributed by atoms with Gasteiger partial charge >= 0.3 is 0 Å². The number of hydrogen-bond donors (Lipinski definition) is 1. The molecule has 1 amide bonds. The summed E-state index contributed by atoms with van der Waals surface area (Å²) in [5, 5.41) is 2.87. The van der Waals surface area contributed by atoms with Crippen LogP contribution < -0.4 is 5.32 Å². The van der Waals surface area contributed by atoms with Crippen molar-refractivity contribution in [3.8, 4) is 0 Å². The van der Waals surface area contributed by atoms with Gasteiger partial charge in [0.15, 0.2) is 0 Å². The predicted molar refractivity (Wildman–Crippen MR) is 73.9 cm³/mol. The molecule has 0 saturated heterocycles. The third kappa shape index (κ3) is 3.05. The van der Waals surface area contributed by atoms with Gasteiger partial charge in [-0.3, -0.25) is 10.1 Å². The molecule has 0 aliphatic heterocycles. The summed E-state index contributed by atoms with van der Waals surface area (Å²) < 4.78 is 0.957. The molecule has 2 rings (SSSR count). The van der Waals surface area contributed by atoms with Crippen LogP contribution in [0.3, 0.4) is 0 Å². The Bertz CT molecular complexity index is 604. The molecule has 0 saturated carbocycles. The van der Waals surface area contributed by atoms with E-state index in [0.29, 0.717) is 5.56 Å². The van der Waals surface area contributed by atoms with Crippen LogP contribution >= 0.6 is 27.5 Å². The van der Waals surface area contributed by atoms with E-state index in [1.165, 1.54) is 6.20 Å². The lowest BCUT2D eigenvalue weighted by Gasteiger charge is -2.05. The second kappa shape index (κ2) is 5.46. The number of carbonyl (C=O) groups excluding carboxylic acids is 1. The van der Waals surface area contributed by atoms with Crippen LogP contribution in [0, 0.1) is 6.92 Å². The van der Waals surface area contributed by atoms with Gasteiger partial charge in [-0.2, -0.15) is 0 Å². The summed E-state index contributed by atoms with van der Waals surface area (Å²) in [6.45, 7) is 1.91. The number of hydrogen-bond acceptors (Lipinski definition) is 3. The topological polar surface area (TPSA) is 54.9 Å². The molecule has 1 aromatic heterocycles. The van der Waals surface area contributed by atoms with Crippen LogP contribution in [0.4, 0.5) is 5.95 Å². The number of rotatable bonds is 2. The van der Waals surface area contributed by atoms with E-state index in [4.69, 9.17) is 11.6 Å². The summed E-state index contributed by atoms with van der Waals surface area (Å²) in [5.74, 6) is -0.0825. The molecule has 0 spiro atoms. The number of halogens is 2. The van der Waals surface area contributed by atoms with Gasteiger partial charge in [-0.1, -0.05) is 27.5 Å². The number of nitrogens with zero attached hydrogens (tertiary/aromatic N) is 2. The zero-order chi connectivity index (χ0) is 13.1. The first-order chi connectivity index (χ1) is 8.56. The molecule has 0 atom stereocenters. The van der Waals surface area contributed by atoms with Gasteiger partial charge in [-0.15, -0.1) is 0 Å². The first-order valence-corrected chi connectivity index (χ1v) is 6.29. The molecule has 92 valence electrons. The average Bonchev–Trinajstić information content (AvgIpc) is 2.32. The second-order valence-electron chi connectivity index (χ2n) is 3.62. The highest BCUT2D eigenvalue weighted by atomic mass is 79.9. The molecule has 0 radical (unpaired) electrons. The zero-order valence-electron chi connectivity index (χ0n) is 9.45. The van der Waals surface area contributed by atoms with Crippen LogP contribution in [0.2, 0.25) is 5.15 Å². The van der Waals surface area contributed by atoms with Crippen LogP contribution in [0.5, 0.6) is 0 Å². The van der Waals surface area contributed by atoms with E-state index in [9.17, 15) is 4.79 Å². The normalized spacial score (nSPS) is 10.2. The molecule has 1 heterocycles. The zero-order valence-corrected chi connectivity index (χ0v) is 11.8. The lowest BCUT2D eigenvalue weighted by molar-refractivity contribution is 0.102. The third-order valence-corrected chi connectivity index (χ3v) is 3.37. The highest BCUT2D eigenvalue weighted by Gasteiger charge is 2.09. The molecule has 0 unspecified atom stereocenters.